The Labute approximate surface area is 153 Å². The Hall–Kier alpha value is -2.93. The van der Waals surface area contributed by atoms with Crippen molar-refractivity contribution in [2.24, 2.45) is 0 Å². The number of benzene rings is 1. The summed E-state index contributed by atoms with van der Waals surface area (Å²) in [7, 11) is 0. The van der Waals surface area contributed by atoms with Crippen molar-refractivity contribution in [1.82, 2.24) is 10.3 Å². The summed E-state index contributed by atoms with van der Waals surface area (Å²) in [6.07, 6.45) is 4.42. The molecule has 0 spiro atoms. The van der Waals surface area contributed by atoms with Gasteiger partial charge >= 0.3 is 6.03 Å². The van der Waals surface area contributed by atoms with Gasteiger partial charge in [0.1, 0.15) is 0 Å². The molecule has 7 nitrogen and oxygen atoms in total. The fourth-order valence-corrected chi connectivity index (χ4v) is 2.24. The zero-order valence-corrected chi connectivity index (χ0v) is 14.8. The van der Waals surface area contributed by atoms with E-state index in [9.17, 15) is 9.59 Å². The maximum absolute atomic E-state index is 12.0. The molecule has 2 aromatic rings. The second-order valence-electron chi connectivity index (χ2n) is 5.59. The molecule has 0 bridgehead atoms. The SMILES string of the molecule is CCOCCCC(=O)Nc1cccc(NC(=O)NCc2ccncc2)c1. The van der Waals surface area contributed by atoms with Gasteiger partial charge < -0.3 is 20.7 Å². The number of ether oxygens (including phenoxy) is 1. The Morgan fingerprint density at radius 2 is 1.81 bits per heavy atom. The molecule has 0 atom stereocenters. The number of hydrogen-bond acceptors (Lipinski definition) is 4. The molecule has 138 valence electrons. The van der Waals surface area contributed by atoms with E-state index >= 15 is 0 Å². The average molecular weight is 356 g/mol. The number of hydrogen-bond donors (Lipinski definition) is 3. The largest absolute Gasteiger partial charge is 0.382 e. The number of carbonyl (C=O) groups is 2. The molecule has 0 aliphatic rings. The third-order valence-corrected chi connectivity index (χ3v) is 3.50. The van der Waals surface area contributed by atoms with Crippen LogP contribution in [-0.4, -0.2) is 30.1 Å². The number of aromatic nitrogens is 1. The summed E-state index contributed by atoms with van der Waals surface area (Å²) in [5, 5.41) is 8.33. The lowest BCUT2D eigenvalue weighted by Crippen LogP contribution is -2.28. The lowest BCUT2D eigenvalue weighted by Gasteiger charge is -2.10. The van der Waals surface area contributed by atoms with Crippen molar-refractivity contribution in [3.8, 4) is 0 Å². The highest BCUT2D eigenvalue weighted by molar-refractivity contribution is 5.93. The first-order chi connectivity index (χ1) is 12.7. The van der Waals surface area contributed by atoms with Gasteiger partial charge in [-0.1, -0.05) is 6.07 Å². The van der Waals surface area contributed by atoms with Crippen LogP contribution in [0.1, 0.15) is 25.3 Å². The minimum absolute atomic E-state index is 0.0796. The summed E-state index contributed by atoms with van der Waals surface area (Å²) in [5.41, 5.74) is 2.20. The highest BCUT2D eigenvalue weighted by Crippen LogP contribution is 2.15. The van der Waals surface area contributed by atoms with Crippen LogP contribution in [0.15, 0.2) is 48.8 Å². The molecule has 26 heavy (non-hydrogen) atoms. The summed E-state index contributed by atoms with van der Waals surface area (Å²) in [6.45, 7) is 3.55. The zero-order valence-electron chi connectivity index (χ0n) is 14.8. The van der Waals surface area contributed by atoms with Crippen LogP contribution < -0.4 is 16.0 Å². The van der Waals surface area contributed by atoms with Crippen LogP contribution in [0, 0.1) is 0 Å². The van der Waals surface area contributed by atoms with E-state index in [4.69, 9.17) is 4.74 Å². The lowest BCUT2D eigenvalue weighted by atomic mass is 10.2. The molecular weight excluding hydrogens is 332 g/mol. The van der Waals surface area contributed by atoms with Crippen molar-refractivity contribution >= 4 is 23.3 Å². The summed E-state index contributed by atoms with van der Waals surface area (Å²) < 4.78 is 5.21. The number of amides is 3. The van der Waals surface area contributed by atoms with E-state index in [0.717, 1.165) is 5.56 Å². The van der Waals surface area contributed by atoms with Crippen LogP contribution in [0.3, 0.4) is 0 Å². The van der Waals surface area contributed by atoms with Crippen molar-refractivity contribution in [3.05, 3.63) is 54.4 Å². The molecular formula is C19H24N4O3. The normalized spacial score (nSPS) is 10.2. The predicted molar refractivity (Wildman–Crippen MR) is 101 cm³/mol. The Balaban J connectivity index is 1.78. The van der Waals surface area contributed by atoms with Crippen LogP contribution in [-0.2, 0) is 16.1 Å². The van der Waals surface area contributed by atoms with Crippen molar-refractivity contribution in [2.45, 2.75) is 26.3 Å². The molecule has 1 aromatic heterocycles. The fourth-order valence-electron chi connectivity index (χ4n) is 2.24. The van der Waals surface area contributed by atoms with Crippen LogP contribution in [0.4, 0.5) is 16.2 Å². The van der Waals surface area contributed by atoms with Crippen LogP contribution in [0.5, 0.6) is 0 Å². The molecule has 3 amide bonds. The number of nitrogens with zero attached hydrogens (tertiary/aromatic N) is 1. The number of carbonyl (C=O) groups excluding carboxylic acids is 2. The van der Waals surface area contributed by atoms with Crippen molar-refractivity contribution in [3.63, 3.8) is 0 Å². The number of rotatable bonds is 9. The Morgan fingerprint density at radius 1 is 1.08 bits per heavy atom. The number of nitrogens with one attached hydrogen (secondary N) is 3. The van der Waals surface area contributed by atoms with Gasteiger partial charge in [-0.2, -0.15) is 0 Å². The predicted octanol–water partition coefficient (Wildman–Crippen LogP) is 3.16. The third-order valence-electron chi connectivity index (χ3n) is 3.50. The minimum Gasteiger partial charge on any atom is -0.382 e. The smallest absolute Gasteiger partial charge is 0.319 e. The van der Waals surface area contributed by atoms with E-state index in [2.05, 4.69) is 20.9 Å². The van der Waals surface area contributed by atoms with Gasteiger partial charge in [0.25, 0.3) is 0 Å². The number of pyridine rings is 1. The lowest BCUT2D eigenvalue weighted by molar-refractivity contribution is -0.116. The van der Waals surface area contributed by atoms with Crippen molar-refractivity contribution in [1.29, 1.82) is 0 Å². The highest BCUT2D eigenvalue weighted by atomic mass is 16.5. The third kappa shape index (κ3) is 7.31. The molecule has 3 N–H and O–H groups in total. The topological polar surface area (TPSA) is 92.4 Å². The Kier molecular flexibility index (Phi) is 8.08. The quantitative estimate of drug-likeness (QED) is 0.602. The highest BCUT2D eigenvalue weighted by Gasteiger charge is 2.05. The molecule has 0 aliphatic heterocycles. The van der Waals surface area contributed by atoms with Gasteiger partial charge in [0.05, 0.1) is 0 Å². The molecule has 7 heteroatoms. The monoisotopic (exact) mass is 356 g/mol. The molecule has 0 saturated heterocycles. The fraction of sp³-hybridized carbons (Fsp3) is 0.316. The van der Waals surface area contributed by atoms with Crippen LogP contribution in [0.25, 0.3) is 0 Å². The minimum atomic E-state index is -0.318. The maximum atomic E-state index is 12.0. The van der Waals surface area contributed by atoms with Crippen molar-refractivity contribution in [2.75, 3.05) is 23.8 Å². The molecule has 2 rings (SSSR count). The van der Waals surface area contributed by atoms with Gasteiger partial charge in [-0.3, -0.25) is 9.78 Å². The average Bonchev–Trinajstić information content (AvgIpc) is 2.65. The first-order valence-electron chi connectivity index (χ1n) is 8.59. The van der Waals surface area contributed by atoms with E-state index in [1.54, 1.807) is 36.7 Å². The Bertz CT molecular complexity index is 707. The van der Waals surface area contributed by atoms with Crippen molar-refractivity contribution < 1.29 is 14.3 Å². The Morgan fingerprint density at radius 3 is 2.54 bits per heavy atom. The summed E-state index contributed by atoms with van der Waals surface area (Å²) in [4.78, 5) is 27.8. The van der Waals surface area contributed by atoms with E-state index in [1.807, 2.05) is 19.1 Å². The maximum Gasteiger partial charge on any atom is 0.319 e. The molecule has 0 radical (unpaired) electrons. The summed E-state index contributed by atoms with van der Waals surface area (Å²) >= 11 is 0. The molecule has 0 aliphatic carbocycles. The van der Waals surface area contributed by atoms with Gasteiger partial charge in [0, 0.05) is 49.9 Å². The molecule has 0 fully saturated rings. The molecule has 0 saturated carbocycles. The number of urea groups is 1. The van der Waals surface area contributed by atoms with Gasteiger partial charge in [-0.25, -0.2) is 4.79 Å². The first-order valence-corrected chi connectivity index (χ1v) is 8.59. The van der Waals surface area contributed by atoms with Gasteiger partial charge in [-0.05, 0) is 49.2 Å². The van der Waals surface area contributed by atoms with E-state index < -0.39 is 0 Å². The molecule has 1 heterocycles. The molecule has 0 unspecified atom stereocenters. The van der Waals surface area contributed by atoms with Gasteiger partial charge in [0.15, 0.2) is 0 Å². The van der Waals surface area contributed by atoms with Gasteiger partial charge in [0.2, 0.25) is 5.91 Å². The van der Waals surface area contributed by atoms with E-state index in [0.29, 0.717) is 44.0 Å². The second-order valence-corrected chi connectivity index (χ2v) is 5.59. The summed E-state index contributed by atoms with van der Waals surface area (Å²) in [6, 6.07) is 10.4. The standard InChI is InChI=1S/C19H24N4O3/c1-2-26-12-4-7-18(24)22-16-5-3-6-17(13-16)23-19(25)21-14-15-8-10-20-11-9-15/h3,5-6,8-11,13H,2,4,7,12,14H2,1H3,(H,22,24)(H2,21,23,25). The first kappa shape index (κ1) is 19.4. The molecule has 1 aromatic carbocycles. The summed E-state index contributed by atoms with van der Waals surface area (Å²) in [5.74, 6) is -0.0796. The van der Waals surface area contributed by atoms with Crippen LogP contribution in [0.2, 0.25) is 0 Å². The van der Waals surface area contributed by atoms with Crippen LogP contribution >= 0.6 is 0 Å². The zero-order chi connectivity index (χ0) is 18.6. The van der Waals surface area contributed by atoms with E-state index in [1.165, 1.54) is 0 Å². The number of anilines is 2. The van der Waals surface area contributed by atoms with E-state index in [-0.39, 0.29) is 11.9 Å². The van der Waals surface area contributed by atoms with Gasteiger partial charge in [-0.15, -0.1) is 0 Å². The second kappa shape index (κ2) is 10.8.